The fourth-order valence-corrected chi connectivity index (χ4v) is 4.06. The van der Waals surface area contributed by atoms with Crippen molar-refractivity contribution in [3.8, 4) is 11.3 Å². The van der Waals surface area contributed by atoms with Gasteiger partial charge in [0.2, 0.25) is 0 Å². The highest BCUT2D eigenvalue weighted by Crippen LogP contribution is 2.29. The van der Waals surface area contributed by atoms with E-state index in [9.17, 15) is 13.6 Å². The number of piperazine rings is 1. The largest absolute Gasteiger partial charge is 0.345 e. The number of benzene rings is 2. The highest BCUT2D eigenvalue weighted by Gasteiger charge is 2.23. The molecule has 1 aromatic heterocycles. The number of thiazole rings is 1. The van der Waals surface area contributed by atoms with Gasteiger partial charge in [-0.2, -0.15) is 0 Å². The number of urea groups is 1. The molecular formula is C20H17ClF2N4OS. The van der Waals surface area contributed by atoms with Gasteiger partial charge in [0.05, 0.1) is 11.4 Å². The van der Waals surface area contributed by atoms with Gasteiger partial charge in [-0.05, 0) is 24.3 Å². The van der Waals surface area contributed by atoms with E-state index in [2.05, 4.69) is 15.2 Å². The molecule has 0 radical (unpaired) electrons. The van der Waals surface area contributed by atoms with Crippen molar-refractivity contribution in [3.63, 3.8) is 0 Å². The van der Waals surface area contributed by atoms with Crippen LogP contribution in [0.3, 0.4) is 0 Å². The van der Waals surface area contributed by atoms with Gasteiger partial charge in [-0.15, -0.1) is 11.3 Å². The topological polar surface area (TPSA) is 48.5 Å². The van der Waals surface area contributed by atoms with Crippen LogP contribution in [-0.4, -0.2) is 42.1 Å². The predicted molar refractivity (Wildman–Crippen MR) is 112 cm³/mol. The third-order valence-corrected chi connectivity index (χ3v) is 5.80. The molecule has 0 atom stereocenters. The average Bonchev–Trinajstić information content (AvgIpc) is 3.21. The molecule has 9 heteroatoms. The molecule has 1 saturated heterocycles. The van der Waals surface area contributed by atoms with Gasteiger partial charge in [0.1, 0.15) is 11.6 Å². The summed E-state index contributed by atoms with van der Waals surface area (Å²) in [5, 5.41) is 6.06. The molecule has 1 aliphatic heterocycles. The number of nitrogens with one attached hydrogen (secondary N) is 1. The molecule has 2 heterocycles. The van der Waals surface area contributed by atoms with Crippen LogP contribution in [0, 0.1) is 11.6 Å². The molecule has 150 valence electrons. The molecule has 1 aliphatic rings. The van der Waals surface area contributed by atoms with Crippen LogP contribution in [0.25, 0.3) is 11.3 Å². The summed E-state index contributed by atoms with van der Waals surface area (Å²) in [4.78, 5) is 20.8. The first-order valence-corrected chi connectivity index (χ1v) is 10.2. The number of nitrogens with zero attached hydrogens (tertiary/aromatic N) is 3. The lowest BCUT2D eigenvalue weighted by atomic mass is 10.2. The Hall–Kier alpha value is -2.71. The minimum atomic E-state index is -0.797. The van der Waals surface area contributed by atoms with Gasteiger partial charge in [0.15, 0.2) is 5.13 Å². The first-order valence-electron chi connectivity index (χ1n) is 8.97. The van der Waals surface area contributed by atoms with Gasteiger partial charge in [0, 0.05) is 48.2 Å². The predicted octanol–water partition coefficient (Wildman–Crippen LogP) is 5.10. The van der Waals surface area contributed by atoms with Crippen LogP contribution in [0.1, 0.15) is 0 Å². The van der Waals surface area contributed by atoms with Crippen molar-refractivity contribution in [2.24, 2.45) is 0 Å². The normalized spacial score (nSPS) is 14.2. The second-order valence-corrected chi connectivity index (χ2v) is 7.82. The summed E-state index contributed by atoms with van der Waals surface area (Å²) in [5.41, 5.74) is 1.84. The monoisotopic (exact) mass is 434 g/mol. The lowest BCUT2D eigenvalue weighted by molar-refractivity contribution is 0.208. The van der Waals surface area contributed by atoms with Crippen molar-refractivity contribution >= 4 is 39.8 Å². The smallest absolute Gasteiger partial charge is 0.322 e. The van der Waals surface area contributed by atoms with E-state index in [0.29, 0.717) is 31.2 Å². The lowest BCUT2D eigenvalue weighted by Gasteiger charge is -2.34. The molecule has 0 unspecified atom stereocenters. The van der Waals surface area contributed by atoms with Crippen LogP contribution >= 0.6 is 22.9 Å². The number of halogens is 3. The van der Waals surface area contributed by atoms with Crippen molar-refractivity contribution in [1.82, 2.24) is 9.88 Å². The van der Waals surface area contributed by atoms with Gasteiger partial charge >= 0.3 is 6.03 Å². The van der Waals surface area contributed by atoms with E-state index in [1.165, 1.54) is 6.07 Å². The van der Waals surface area contributed by atoms with Crippen LogP contribution in [0.15, 0.2) is 47.8 Å². The van der Waals surface area contributed by atoms with E-state index < -0.39 is 17.7 Å². The first kappa shape index (κ1) is 19.6. The summed E-state index contributed by atoms with van der Waals surface area (Å²) in [6.07, 6.45) is 0. The maximum atomic E-state index is 13.7. The molecule has 5 nitrogen and oxygen atoms in total. The second-order valence-electron chi connectivity index (χ2n) is 6.55. The van der Waals surface area contributed by atoms with Crippen LogP contribution < -0.4 is 10.2 Å². The SMILES string of the molecule is O=C(Nc1ccc(F)cc1F)N1CCN(c2nc(-c3ccc(Cl)cc3)cs2)CC1. The molecule has 1 N–H and O–H groups in total. The third-order valence-electron chi connectivity index (χ3n) is 4.64. The van der Waals surface area contributed by atoms with Gasteiger partial charge in [0.25, 0.3) is 0 Å². The van der Waals surface area contributed by atoms with Crippen LogP contribution in [0.5, 0.6) is 0 Å². The quantitative estimate of drug-likeness (QED) is 0.624. The number of anilines is 2. The Labute approximate surface area is 175 Å². The minimum Gasteiger partial charge on any atom is -0.345 e. The van der Waals surface area contributed by atoms with E-state index in [1.54, 1.807) is 16.2 Å². The second kappa shape index (κ2) is 8.34. The Bertz CT molecular complexity index is 1020. The Kier molecular flexibility index (Phi) is 5.64. The number of amides is 2. The highest BCUT2D eigenvalue weighted by molar-refractivity contribution is 7.14. The van der Waals surface area contributed by atoms with Gasteiger partial charge < -0.3 is 15.1 Å². The van der Waals surface area contributed by atoms with Gasteiger partial charge in [-0.25, -0.2) is 18.6 Å². The van der Waals surface area contributed by atoms with Crippen molar-refractivity contribution in [2.45, 2.75) is 0 Å². The number of hydrogen-bond donors (Lipinski definition) is 1. The number of carbonyl (C=O) groups excluding carboxylic acids is 1. The van der Waals surface area contributed by atoms with Crippen LogP contribution in [0.4, 0.5) is 24.4 Å². The van der Waals surface area contributed by atoms with Crippen LogP contribution in [0.2, 0.25) is 5.02 Å². The molecule has 0 bridgehead atoms. The van der Waals surface area contributed by atoms with Gasteiger partial charge in [-0.1, -0.05) is 23.7 Å². The maximum Gasteiger partial charge on any atom is 0.322 e. The average molecular weight is 435 g/mol. The van der Waals surface area contributed by atoms with E-state index >= 15 is 0 Å². The highest BCUT2D eigenvalue weighted by atomic mass is 35.5. The molecule has 0 spiro atoms. The number of carbonyl (C=O) groups is 1. The summed E-state index contributed by atoms with van der Waals surface area (Å²) in [6.45, 7) is 2.19. The molecule has 2 amide bonds. The minimum absolute atomic E-state index is 0.0358. The Morgan fingerprint density at radius 2 is 1.79 bits per heavy atom. The van der Waals surface area contributed by atoms with Crippen molar-refractivity contribution in [3.05, 3.63) is 64.5 Å². The zero-order chi connectivity index (χ0) is 20.4. The molecular weight excluding hydrogens is 418 g/mol. The number of hydrogen-bond acceptors (Lipinski definition) is 4. The first-order chi connectivity index (χ1) is 14.0. The molecule has 3 aromatic rings. The Morgan fingerprint density at radius 3 is 2.48 bits per heavy atom. The molecule has 2 aromatic carbocycles. The lowest BCUT2D eigenvalue weighted by Crippen LogP contribution is -2.50. The third kappa shape index (κ3) is 4.49. The zero-order valence-electron chi connectivity index (χ0n) is 15.2. The van der Waals surface area contributed by atoms with Crippen LogP contribution in [-0.2, 0) is 0 Å². The maximum absolute atomic E-state index is 13.7. The van der Waals surface area contributed by atoms with E-state index in [-0.39, 0.29) is 5.69 Å². The summed E-state index contributed by atoms with van der Waals surface area (Å²) in [5.74, 6) is -1.48. The van der Waals surface area contributed by atoms with Crippen molar-refractivity contribution in [1.29, 1.82) is 0 Å². The zero-order valence-corrected chi connectivity index (χ0v) is 16.8. The van der Waals surface area contributed by atoms with Gasteiger partial charge in [-0.3, -0.25) is 0 Å². The summed E-state index contributed by atoms with van der Waals surface area (Å²) < 4.78 is 26.7. The Balaban J connectivity index is 1.35. The van der Waals surface area contributed by atoms with Crippen molar-refractivity contribution < 1.29 is 13.6 Å². The summed E-state index contributed by atoms with van der Waals surface area (Å²) in [6, 6.07) is 10.2. The van der Waals surface area contributed by atoms with Crippen molar-refractivity contribution in [2.75, 3.05) is 36.4 Å². The summed E-state index contributed by atoms with van der Waals surface area (Å²) >= 11 is 7.48. The molecule has 29 heavy (non-hydrogen) atoms. The molecule has 0 aliphatic carbocycles. The molecule has 1 fully saturated rings. The number of rotatable bonds is 3. The molecule has 4 rings (SSSR count). The van der Waals surface area contributed by atoms with E-state index in [0.717, 1.165) is 28.5 Å². The summed E-state index contributed by atoms with van der Waals surface area (Å²) in [7, 11) is 0. The van der Waals surface area contributed by atoms with E-state index in [4.69, 9.17) is 11.6 Å². The Morgan fingerprint density at radius 1 is 1.07 bits per heavy atom. The molecule has 0 saturated carbocycles. The fourth-order valence-electron chi connectivity index (χ4n) is 3.05. The van der Waals surface area contributed by atoms with E-state index in [1.807, 2.05) is 29.6 Å². The number of aromatic nitrogens is 1. The fraction of sp³-hybridized carbons (Fsp3) is 0.200. The standard InChI is InChI=1S/C20H17ClF2N4OS/c21-14-3-1-13(2-4-14)18-12-29-20(25-18)27-9-7-26(8-10-27)19(28)24-17-6-5-15(22)11-16(17)23/h1-6,11-12H,7-10H2,(H,24,28).